The number of hydrogen-bond donors (Lipinski definition) is 0. The standard InChI is InChI=1S/C52H64Br2N2O2S2/c1-3-5-7-9-11-13-15-17-19-21-35-57-41-27-23-25-39(37-41)49-50(40-26-24-28-42(38-40)58-36-22-20-18-16-14-12-10-8-6-4-2)56-52-44(46-32-34-48(54)60-46)30-29-43(51(52)55-49)45-31-33-47(53)59-45/h23-34,37-38H,3-22,35-36H2,1-2H3. The van der Waals surface area contributed by atoms with Gasteiger partial charge in [0.15, 0.2) is 0 Å². The Balaban J connectivity index is 1.24. The summed E-state index contributed by atoms with van der Waals surface area (Å²) in [6.45, 7) is 5.99. The highest BCUT2D eigenvalue weighted by Crippen LogP contribution is 2.43. The number of ether oxygens (including phenoxy) is 2. The van der Waals surface area contributed by atoms with Gasteiger partial charge in [0.25, 0.3) is 0 Å². The molecule has 0 aliphatic carbocycles. The Hall–Kier alpha value is -3.04. The van der Waals surface area contributed by atoms with Crippen molar-refractivity contribution in [2.75, 3.05) is 13.2 Å². The number of aromatic nitrogens is 2. The summed E-state index contributed by atoms with van der Waals surface area (Å²) in [4.78, 5) is 13.5. The van der Waals surface area contributed by atoms with Crippen LogP contribution in [0.2, 0.25) is 0 Å². The first-order valence-electron chi connectivity index (χ1n) is 22.9. The predicted molar refractivity (Wildman–Crippen MR) is 267 cm³/mol. The maximum absolute atomic E-state index is 6.40. The minimum Gasteiger partial charge on any atom is -0.494 e. The molecule has 0 aliphatic rings. The van der Waals surface area contributed by atoms with Crippen molar-refractivity contribution < 1.29 is 9.47 Å². The number of nitrogens with zero attached hydrogens (tertiary/aromatic N) is 2. The first-order valence-corrected chi connectivity index (χ1v) is 26.1. The molecule has 0 radical (unpaired) electrons. The fourth-order valence-electron chi connectivity index (χ4n) is 7.88. The third-order valence-corrected chi connectivity index (χ3v) is 14.6. The Morgan fingerprint density at radius 3 is 1.15 bits per heavy atom. The molecule has 0 amide bonds. The van der Waals surface area contributed by atoms with Crippen LogP contribution in [0.15, 0.2) is 92.5 Å². The summed E-state index contributed by atoms with van der Waals surface area (Å²) < 4.78 is 15.0. The van der Waals surface area contributed by atoms with E-state index in [1.807, 2.05) is 0 Å². The molecule has 320 valence electrons. The van der Waals surface area contributed by atoms with Gasteiger partial charge in [0.1, 0.15) is 11.5 Å². The average Bonchev–Trinajstić information content (AvgIpc) is 3.91. The van der Waals surface area contributed by atoms with Crippen LogP contribution in [0.25, 0.3) is 54.4 Å². The van der Waals surface area contributed by atoms with Gasteiger partial charge in [-0.05, 0) is 93.2 Å². The van der Waals surface area contributed by atoms with E-state index in [0.29, 0.717) is 13.2 Å². The van der Waals surface area contributed by atoms with Crippen LogP contribution in [-0.4, -0.2) is 23.2 Å². The lowest BCUT2D eigenvalue weighted by Gasteiger charge is -2.16. The molecule has 3 aromatic carbocycles. The zero-order valence-electron chi connectivity index (χ0n) is 35.9. The van der Waals surface area contributed by atoms with Crippen LogP contribution in [0.4, 0.5) is 0 Å². The Labute approximate surface area is 385 Å². The number of rotatable bonds is 28. The van der Waals surface area contributed by atoms with E-state index in [2.05, 4.69) is 131 Å². The summed E-state index contributed by atoms with van der Waals surface area (Å²) in [7, 11) is 0. The summed E-state index contributed by atoms with van der Waals surface area (Å²) >= 11 is 10.8. The molecule has 0 aliphatic heterocycles. The molecule has 3 aromatic heterocycles. The molecule has 8 heteroatoms. The van der Waals surface area contributed by atoms with E-state index in [0.717, 1.165) is 86.3 Å². The van der Waals surface area contributed by atoms with E-state index in [4.69, 9.17) is 19.4 Å². The van der Waals surface area contributed by atoms with Crippen molar-refractivity contribution in [3.63, 3.8) is 0 Å². The quantitative estimate of drug-likeness (QED) is 0.0460. The lowest BCUT2D eigenvalue weighted by molar-refractivity contribution is 0.304. The van der Waals surface area contributed by atoms with Crippen molar-refractivity contribution in [1.82, 2.24) is 9.97 Å². The SMILES string of the molecule is CCCCCCCCCCCCOc1cccc(-c2nc3c(-c4ccc(Br)s4)ccc(-c4ccc(Br)s4)c3nc2-c2cccc(OCCCCCCCCCCCC)c2)c1. The van der Waals surface area contributed by atoms with Crippen molar-refractivity contribution >= 4 is 65.6 Å². The molecular formula is C52H64Br2N2O2S2. The van der Waals surface area contributed by atoms with Crippen molar-refractivity contribution in [2.45, 2.75) is 142 Å². The van der Waals surface area contributed by atoms with Crippen LogP contribution >= 0.6 is 54.5 Å². The Morgan fingerprint density at radius 2 is 0.800 bits per heavy atom. The number of unbranched alkanes of at least 4 members (excludes halogenated alkanes) is 18. The number of thiophene rings is 2. The van der Waals surface area contributed by atoms with Gasteiger partial charge in [-0.3, -0.25) is 0 Å². The van der Waals surface area contributed by atoms with Crippen LogP contribution in [-0.2, 0) is 0 Å². The lowest BCUT2D eigenvalue weighted by atomic mass is 10.0. The fourth-order valence-corrected chi connectivity index (χ4v) is 10.7. The number of fused-ring (bicyclic) bond motifs is 1. The van der Waals surface area contributed by atoms with Gasteiger partial charge in [-0.15, -0.1) is 22.7 Å². The fraction of sp³-hybridized carbons (Fsp3) is 0.462. The van der Waals surface area contributed by atoms with Gasteiger partial charge >= 0.3 is 0 Å². The lowest BCUT2D eigenvalue weighted by Crippen LogP contribution is -2.01. The maximum atomic E-state index is 6.40. The minimum absolute atomic E-state index is 0.714. The molecule has 0 fully saturated rings. The summed E-state index contributed by atoms with van der Waals surface area (Å²) in [6.07, 6.45) is 26.1. The summed E-state index contributed by atoms with van der Waals surface area (Å²) in [5.74, 6) is 1.73. The van der Waals surface area contributed by atoms with Crippen LogP contribution < -0.4 is 9.47 Å². The first-order chi connectivity index (χ1) is 29.5. The Bertz CT molecular complexity index is 2030. The average molecular weight is 973 g/mol. The zero-order chi connectivity index (χ0) is 41.8. The van der Waals surface area contributed by atoms with Gasteiger partial charge in [0, 0.05) is 32.0 Å². The van der Waals surface area contributed by atoms with Gasteiger partial charge < -0.3 is 9.47 Å². The van der Waals surface area contributed by atoms with Crippen LogP contribution in [0.3, 0.4) is 0 Å². The van der Waals surface area contributed by atoms with Crippen molar-refractivity contribution in [1.29, 1.82) is 0 Å². The second-order valence-corrected chi connectivity index (χ2v) is 21.0. The van der Waals surface area contributed by atoms with Gasteiger partial charge in [-0.25, -0.2) is 9.97 Å². The molecule has 4 nitrogen and oxygen atoms in total. The molecule has 0 spiro atoms. The van der Waals surface area contributed by atoms with Crippen molar-refractivity contribution in [3.8, 4) is 54.9 Å². The molecule has 0 N–H and O–H groups in total. The smallest absolute Gasteiger partial charge is 0.119 e. The van der Waals surface area contributed by atoms with E-state index in [1.54, 1.807) is 22.7 Å². The van der Waals surface area contributed by atoms with Crippen molar-refractivity contribution in [2.24, 2.45) is 0 Å². The van der Waals surface area contributed by atoms with Crippen LogP contribution in [0.1, 0.15) is 142 Å². The highest BCUT2D eigenvalue weighted by atomic mass is 79.9. The summed E-state index contributed by atoms with van der Waals surface area (Å²) in [6, 6.07) is 29.8. The molecule has 0 atom stereocenters. The van der Waals surface area contributed by atoms with Crippen molar-refractivity contribution in [3.05, 3.63) is 92.5 Å². The van der Waals surface area contributed by atoms with Gasteiger partial charge in [-0.1, -0.05) is 166 Å². The predicted octanol–water partition coefficient (Wildman–Crippen LogP) is 18.5. The van der Waals surface area contributed by atoms with Gasteiger partial charge in [0.2, 0.25) is 0 Å². The van der Waals surface area contributed by atoms with Gasteiger partial charge in [0.05, 0.1) is 43.2 Å². The molecule has 0 unspecified atom stereocenters. The molecule has 3 heterocycles. The normalized spacial score (nSPS) is 11.5. The number of hydrogen-bond acceptors (Lipinski definition) is 6. The molecule has 6 rings (SSSR count). The third-order valence-electron chi connectivity index (χ3n) is 11.2. The molecule has 0 saturated heterocycles. The Kier molecular flexibility index (Phi) is 20.0. The van der Waals surface area contributed by atoms with Gasteiger partial charge in [-0.2, -0.15) is 0 Å². The molecular weight excluding hydrogens is 909 g/mol. The monoisotopic (exact) mass is 970 g/mol. The molecule has 0 bridgehead atoms. The molecule has 6 aromatic rings. The van der Waals surface area contributed by atoms with Crippen LogP contribution in [0, 0.1) is 0 Å². The highest BCUT2D eigenvalue weighted by molar-refractivity contribution is 9.11. The maximum Gasteiger partial charge on any atom is 0.119 e. The third kappa shape index (κ3) is 14.3. The largest absolute Gasteiger partial charge is 0.494 e. The number of halogens is 2. The minimum atomic E-state index is 0.714. The highest BCUT2D eigenvalue weighted by Gasteiger charge is 2.21. The summed E-state index contributed by atoms with van der Waals surface area (Å²) in [5, 5.41) is 0. The van der Waals surface area contributed by atoms with E-state index in [9.17, 15) is 0 Å². The van der Waals surface area contributed by atoms with E-state index in [-0.39, 0.29) is 0 Å². The second-order valence-electron chi connectivity index (χ2n) is 16.1. The van der Waals surface area contributed by atoms with Crippen LogP contribution in [0.5, 0.6) is 11.5 Å². The Morgan fingerprint density at radius 1 is 0.433 bits per heavy atom. The molecule has 60 heavy (non-hydrogen) atoms. The van der Waals surface area contributed by atoms with E-state index < -0.39 is 0 Å². The topological polar surface area (TPSA) is 44.2 Å². The second kappa shape index (κ2) is 25.8. The number of benzene rings is 3. The van der Waals surface area contributed by atoms with E-state index in [1.165, 1.54) is 116 Å². The zero-order valence-corrected chi connectivity index (χ0v) is 40.7. The summed E-state index contributed by atoms with van der Waals surface area (Å²) in [5.41, 5.74) is 7.55. The van der Waals surface area contributed by atoms with E-state index >= 15 is 0 Å². The first kappa shape index (κ1) is 46.5. The molecule has 0 saturated carbocycles.